The molecule has 0 aromatic carbocycles. The first kappa shape index (κ1) is 20.2. The Labute approximate surface area is 186 Å². The highest BCUT2D eigenvalue weighted by molar-refractivity contribution is 6.01. The van der Waals surface area contributed by atoms with E-state index in [2.05, 4.69) is 30.2 Å². The number of nitrogens with zero attached hydrogens (tertiary/aromatic N) is 6. The Bertz CT molecular complexity index is 1520. The molecule has 0 saturated carbocycles. The van der Waals surface area contributed by atoms with Gasteiger partial charge in [0.25, 0.3) is 0 Å². The van der Waals surface area contributed by atoms with Crippen LogP contribution in [0.2, 0.25) is 0 Å². The highest BCUT2D eigenvalue weighted by Gasteiger charge is 2.17. The summed E-state index contributed by atoms with van der Waals surface area (Å²) in [5.74, 6) is -0.121. The molecule has 0 aliphatic heterocycles. The van der Waals surface area contributed by atoms with Gasteiger partial charge in [0.05, 0.1) is 18.3 Å². The molecule has 3 N–H and O–H groups in total. The molecule has 0 saturated heterocycles. The van der Waals surface area contributed by atoms with Gasteiger partial charge >= 0.3 is 5.97 Å². The van der Waals surface area contributed by atoms with Crippen LogP contribution in [-0.2, 0) is 9.59 Å². The second-order valence-corrected chi connectivity index (χ2v) is 7.35. The number of carboxylic acids is 1. The number of aromatic amines is 1. The first-order valence-electron chi connectivity index (χ1n) is 10.1. The molecule has 0 fully saturated rings. The normalized spacial score (nSPS) is 11.2. The van der Waals surface area contributed by atoms with Crippen molar-refractivity contribution in [3.8, 4) is 17.3 Å². The number of imidazole rings is 1. The van der Waals surface area contributed by atoms with E-state index in [1.807, 2.05) is 35.9 Å². The second-order valence-electron chi connectivity index (χ2n) is 7.35. The van der Waals surface area contributed by atoms with Crippen LogP contribution in [0.5, 0.6) is 0 Å². The average molecular weight is 442 g/mol. The molecule has 164 valence electrons. The van der Waals surface area contributed by atoms with E-state index in [0.717, 1.165) is 11.2 Å². The van der Waals surface area contributed by atoms with Crippen molar-refractivity contribution in [2.24, 2.45) is 0 Å². The fourth-order valence-corrected chi connectivity index (χ4v) is 3.54. The van der Waals surface area contributed by atoms with E-state index in [1.54, 1.807) is 24.7 Å². The number of carbonyl (C=O) groups excluding carboxylic acids is 1. The number of aliphatic carboxylic acids is 1. The minimum Gasteiger partial charge on any atom is -0.481 e. The number of H-pyrrole nitrogens is 1. The Morgan fingerprint density at radius 1 is 1.09 bits per heavy atom. The summed E-state index contributed by atoms with van der Waals surface area (Å²) in [7, 11) is 0. The van der Waals surface area contributed by atoms with Crippen LogP contribution in [0.15, 0.2) is 49.1 Å². The molecule has 0 bridgehead atoms. The molecule has 0 radical (unpaired) electrons. The monoisotopic (exact) mass is 442 g/mol. The number of amides is 1. The van der Waals surface area contributed by atoms with Gasteiger partial charge in [-0.05, 0) is 31.2 Å². The SMILES string of the molecule is Cc1cccc(-c2nc(-n3ccc4c(NC(=O)CCC(=O)O)nccc43)c3nc[nH]c3n2)n1. The molecule has 0 spiro atoms. The van der Waals surface area contributed by atoms with E-state index in [4.69, 9.17) is 10.1 Å². The lowest BCUT2D eigenvalue weighted by molar-refractivity contribution is -0.138. The predicted molar refractivity (Wildman–Crippen MR) is 120 cm³/mol. The lowest BCUT2D eigenvalue weighted by Gasteiger charge is -2.09. The number of hydrogen-bond donors (Lipinski definition) is 3. The maximum Gasteiger partial charge on any atom is 0.303 e. The first-order valence-corrected chi connectivity index (χ1v) is 10.1. The molecule has 0 unspecified atom stereocenters. The highest BCUT2D eigenvalue weighted by Crippen LogP contribution is 2.28. The van der Waals surface area contributed by atoms with E-state index in [1.165, 1.54) is 0 Å². The highest BCUT2D eigenvalue weighted by atomic mass is 16.4. The largest absolute Gasteiger partial charge is 0.481 e. The average Bonchev–Trinajstić information content (AvgIpc) is 3.45. The number of nitrogens with one attached hydrogen (secondary N) is 2. The second kappa shape index (κ2) is 8.11. The van der Waals surface area contributed by atoms with Crippen molar-refractivity contribution in [2.45, 2.75) is 19.8 Å². The van der Waals surface area contributed by atoms with Gasteiger partial charge in [-0.25, -0.2) is 24.9 Å². The van der Waals surface area contributed by atoms with Crippen LogP contribution >= 0.6 is 0 Å². The standard InChI is InChI=1S/C22H18N8O3/c1-12-3-2-4-14(26-12)20-28-21-18(24-11-25-21)22(29-20)30-10-8-13-15(30)7-9-23-19(13)27-16(31)5-6-17(32)33/h2-4,7-11H,5-6H2,1H3,(H,32,33)(H,23,27,31)(H,24,25,28,29). The van der Waals surface area contributed by atoms with Crippen LogP contribution in [0, 0.1) is 6.92 Å². The van der Waals surface area contributed by atoms with E-state index < -0.39 is 11.9 Å². The summed E-state index contributed by atoms with van der Waals surface area (Å²) >= 11 is 0. The lowest BCUT2D eigenvalue weighted by Crippen LogP contribution is -2.14. The number of rotatable bonds is 6. The predicted octanol–water partition coefficient (Wildman–Crippen LogP) is 2.87. The maximum atomic E-state index is 12.1. The summed E-state index contributed by atoms with van der Waals surface area (Å²) in [6.07, 6.45) is 4.54. The van der Waals surface area contributed by atoms with E-state index in [0.29, 0.717) is 39.7 Å². The number of carboxylic acid groups (broad SMARTS) is 1. The van der Waals surface area contributed by atoms with Crippen molar-refractivity contribution in [3.05, 3.63) is 54.7 Å². The molecule has 5 aromatic heterocycles. The minimum absolute atomic E-state index is 0.138. The molecule has 5 heterocycles. The van der Waals surface area contributed by atoms with Gasteiger partial charge in [0.1, 0.15) is 11.5 Å². The van der Waals surface area contributed by atoms with Gasteiger partial charge < -0.3 is 15.4 Å². The molecule has 11 nitrogen and oxygen atoms in total. The summed E-state index contributed by atoms with van der Waals surface area (Å²) in [5, 5.41) is 12.2. The zero-order valence-electron chi connectivity index (χ0n) is 17.5. The Balaban J connectivity index is 1.60. The zero-order valence-corrected chi connectivity index (χ0v) is 17.5. The summed E-state index contributed by atoms with van der Waals surface area (Å²) in [6.45, 7) is 1.90. The molecule has 1 amide bonds. The molecular weight excluding hydrogens is 424 g/mol. The van der Waals surface area contributed by atoms with Crippen LogP contribution in [-0.4, -0.2) is 51.5 Å². The molecule has 5 rings (SSSR count). The van der Waals surface area contributed by atoms with Crippen molar-refractivity contribution >= 4 is 39.8 Å². The number of aryl methyl sites for hydroxylation is 1. The summed E-state index contributed by atoms with van der Waals surface area (Å²) < 4.78 is 1.84. The van der Waals surface area contributed by atoms with Gasteiger partial charge in [0.2, 0.25) is 5.91 Å². The van der Waals surface area contributed by atoms with Crippen LogP contribution in [0.1, 0.15) is 18.5 Å². The molecule has 5 aromatic rings. The van der Waals surface area contributed by atoms with Gasteiger partial charge in [-0.3, -0.25) is 14.2 Å². The molecule has 0 aliphatic carbocycles. The molecule has 0 atom stereocenters. The number of carbonyl (C=O) groups is 2. The third kappa shape index (κ3) is 3.87. The maximum absolute atomic E-state index is 12.1. The van der Waals surface area contributed by atoms with Gasteiger partial charge in [-0.15, -0.1) is 0 Å². The van der Waals surface area contributed by atoms with Gasteiger partial charge in [-0.1, -0.05) is 6.07 Å². The molecule has 0 aliphatic rings. The zero-order chi connectivity index (χ0) is 22.9. The van der Waals surface area contributed by atoms with E-state index in [9.17, 15) is 9.59 Å². The molecule has 33 heavy (non-hydrogen) atoms. The number of anilines is 1. The third-order valence-corrected chi connectivity index (χ3v) is 5.05. The van der Waals surface area contributed by atoms with Crippen molar-refractivity contribution in [3.63, 3.8) is 0 Å². The minimum atomic E-state index is -1.03. The number of pyridine rings is 2. The van der Waals surface area contributed by atoms with E-state index >= 15 is 0 Å². The fraction of sp³-hybridized carbons (Fsp3) is 0.136. The number of aromatic nitrogens is 7. The number of hydrogen-bond acceptors (Lipinski definition) is 7. The van der Waals surface area contributed by atoms with Crippen LogP contribution in [0.25, 0.3) is 39.4 Å². The Kier molecular flexibility index (Phi) is 4.98. The van der Waals surface area contributed by atoms with Crippen molar-refractivity contribution < 1.29 is 14.7 Å². The Morgan fingerprint density at radius 2 is 1.97 bits per heavy atom. The van der Waals surface area contributed by atoms with Crippen molar-refractivity contribution in [1.29, 1.82) is 0 Å². The first-order chi connectivity index (χ1) is 16.0. The summed E-state index contributed by atoms with van der Waals surface area (Å²) in [6, 6.07) is 9.25. The van der Waals surface area contributed by atoms with Crippen molar-refractivity contribution in [1.82, 2.24) is 34.5 Å². The Hall–Kier alpha value is -4.67. The molecular formula is C22H18N8O3. The summed E-state index contributed by atoms with van der Waals surface area (Å²) in [4.78, 5) is 48.4. The van der Waals surface area contributed by atoms with Gasteiger partial charge in [0, 0.05) is 29.9 Å². The van der Waals surface area contributed by atoms with Crippen LogP contribution < -0.4 is 5.32 Å². The third-order valence-electron chi connectivity index (χ3n) is 5.05. The van der Waals surface area contributed by atoms with Crippen LogP contribution in [0.4, 0.5) is 5.82 Å². The summed E-state index contributed by atoms with van der Waals surface area (Å²) in [5.41, 5.74) is 3.37. The van der Waals surface area contributed by atoms with E-state index in [-0.39, 0.29) is 12.8 Å². The van der Waals surface area contributed by atoms with Gasteiger partial charge in [-0.2, -0.15) is 0 Å². The van der Waals surface area contributed by atoms with Gasteiger partial charge in [0.15, 0.2) is 22.8 Å². The molecule has 11 heteroatoms. The van der Waals surface area contributed by atoms with Crippen molar-refractivity contribution in [2.75, 3.05) is 5.32 Å². The number of fused-ring (bicyclic) bond motifs is 2. The topological polar surface area (TPSA) is 152 Å². The Morgan fingerprint density at radius 3 is 2.79 bits per heavy atom. The quantitative estimate of drug-likeness (QED) is 0.363. The fourth-order valence-electron chi connectivity index (χ4n) is 3.54. The smallest absolute Gasteiger partial charge is 0.303 e. The van der Waals surface area contributed by atoms with Crippen LogP contribution in [0.3, 0.4) is 0 Å². The lowest BCUT2D eigenvalue weighted by atomic mass is 10.2.